The first-order chi connectivity index (χ1) is 11.2. The van der Waals surface area contributed by atoms with Crippen LogP contribution >= 0.6 is 11.6 Å². The average Bonchev–Trinajstić information content (AvgIpc) is 2.67. The highest BCUT2D eigenvalue weighted by molar-refractivity contribution is 7.92. The van der Waals surface area contributed by atoms with Crippen LogP contribution in [0.15, 0.2) is 35.2 Å². The van der Waals surface area contributed by atoms with Crippen molar-refractivity contribution in [2.75, 3.05) is 5.75 Å². The number of sulfone groups is 1. The summed E-state index contributed by atoms with van der Waals surface area (Å²) >= 11 is 5.67. The Labute approximate surface area is 139 Å². The second-order valence-corrected chi connectivity index (χ2v) is 7.44. The highest BCUT2D eigenvalue weighted by Gasteiger charge is 2.39. The fourth-order valence-corrected chi connectivity index (χ4v) is 4.14. The Morgan fingerprint density at radius 1 is 1.17 bits per heavy atom. The minimum absolute atomic E-state index is 0.0107. The molecule has 2 aromatic rings. The Hall–Kier alpha value is -2.06. The van der Waals surface area contributed by atoms with Crippen LogP contribution in [0.3, 0.4) is 0 Å². The summed E-state index contributed by atoms with van der Waals surface area (Å²) in [6, 6.07) is 5.16. The summed E-state index contributed by atoms with van der Waals surface area (Å²) in [5.74, 6) is -3.12. The van der Waals surface area contributed by atoms with E-state index >= 15 is 0 Å². The van der Waals surface area contributed by atoms with Crippen LogP contribution in [-0.4, -0.2) is 20.0 Å². The number of ether oxygens (including phenoxy) is 1. The number of hydrogen-bond donors (Lipinski definition) is 0. The maximum absolute atomic E-state index is 13.4. The Morgan fingerprint density at radius 2 is 1.88 bits per heavy atom. The average molecular weight is 377 g/mol. The van der Waals surface area contributed by atoms with Gasteiger partial charge in [0.25, 0.3) is 6.43 Å². The summed E-state index contributed by atoms with van der Waals surface area (Å²) in [5.41, 5.74) is -1.41. The summed E-state index contributed by atoms with van der Waals surface area (Å²) < 4.78 is 69.1. The van der Waals surface area contributed by atoms with E-state index in [-0.39, 0.29) is 10.8 Å². The van der Waals surface area contributed by atoms with Crippen LogP contribution in [0.4, 0.5) is 13.2 Å². The molecule has 0 unspecified atom stereocenters. The van der Waals surface area contributed by atoms with E-state index in [2.05, 4.69) is 0 Å². The Balaban J connectivity index is 2.16. The van der Waals surface area contributed by atoms with Gasteiger partial charge in [-0.15, -0.1) is 0 Å². The van der Waals surface area contributed by atoms with Gasteiger partial charge >= 0.3 is 0 Å². The highest BCUT2D eigenvalue weighted by Crippen LogP contribution is 2.41. The van der Waals surface area contributed by atoms with Gasteiger partial charge in [-0.3, -0.25) is 4.79 Å². The monoisotopic (exact) mass is 376 g/mol. The smallest absolute Gasteiger partial charge is 0.268 e. The lowest BCUT2D eigenvalue weighted by atomic mass is 10.0. The molecular weight excluding hydrogens is 369 g/mol. The van der Waals surface area contributed by atoms with Crippen molar-refractivity contribution < 1.29 is 31.1 Å². The third-order valence-corrected chi connectivity index (χ3v) is 5.26. The van der Waals surface area contributed by atoms with E-state index in [9.17, 15) is 26.4 Å². The molecule has 4 nitrogen and oxygen atoms in total. The molecule has 0 spiro atoms. The molecule has 0 saturated carbocycles. The standard InChI is InChI=1S/C15H8ClF3O4S/c16-7-3-8(17)5-9(4-7)23-11-1-2-12-13(14(11)15(18)19)10(20)6-24(12,21)22/h1-5,15H,6H2. The van der Waals surface area contributed by atoms with Gasteiger partial charge in [0.1, 0.15) is 23.1 Å². The molecule has 1 aliphatic heterocycles. The first-order valence-corrected chi connectivity index (χ1v) is 8.57. The minimum Gasteiger partial charge on any atom is -0.457 e. The van der Waals surface area contributed by atoms with Crippen molar-refractivity contribution in [3.63, 3.8) is 0 Å². The van der Waals surface area contributed by atoms with Crippen LogP contribution in [0.2, 0.25) is 5.02 Å². The van der Waals surface area contributed by atoms with Gasteiger partial charge < -0.3 is 4.74 Å². The van der Waals surface area contributed by atoms with Gasteiger partial charge in [-0.25, -0.2) is 21.6 Å². The number of ketones is 1. The van der Waals surface area contributed by atoms with Gasteiger partial charge in [-0.2, -0.15) is 0 Å². The maximum Gasteiger partial charge on any atom is 0.268 e. The maximum atomic E-state index is 13.4. The first-order valence-electron chi connectivity index (χ1n) is 6.54. The third kappa shape index (κ3) is 2.87. The van der Waals surface area contributed by atoms with Crippen LogP contribution < -0.4 is 4.74 Å². The van der Waals surface area contributed by atoms with E-state index < -0.39 is 55.4 Å². The number of hydrogen-bond acceptors (Lipinski definition) is 4. The lowest BCUT2D eigenvalue weighted by Gasteiger charge is -2.14. The summed E-state index contributed by atoms with van der Waals surface area (Å²) in [5, 5.41) is -0.0107. The number of fused-ring (bicyclic) bond motifs is 1. The van der Waals surface area contributed by atoms with E-state index in [1.54, 1.807) is 0 Å². The number of halogens is 4. The number of Topliss-reactive ketones (excluding diaryl/α,β-unsaturated/α-hetero) is 1. The quantitative estimate of drug-likeness (QED) is 0.806. The number of carbonyl (C=O) groups is 1. The predicted molar refractivity (Wildman–Crippen MR) is 79.3 cm³/mol. The van der Waals surface area contributed by atoms with Crippen LogP contribution in [0.5, 0.6) is 11.5 Å². The summed E-state index contributed by atoms with van der Waals surface area (Å²) in [7, 11) is -3.93. The van der Waals surface area contributed by atoms with Crippen molar-refractivity contribution >= 4 is 27.2 Å². The summed E-state index contributed by atoms with van der Waals surface area (Å²) in [6.07, 6.45) is -3.16. The van der Waals surface area contributed by atoms with Crippen molar-refractivity contribution in [3.8, 4) is 11.5 Å². The number of rotatable bonds is 3. The Bertz CT molecular complexity index is 937. The highest BCUT2D eigenvalue weighted by atomic mass is 35.5. The molecule has 3 rings (SSSR count). The number of alkyl halides is 2. The molecule has 0 saturated heterocycles. The van der Waals surface area contributed by atoms with Gasteiger partial charge in [-0.1, -0.05) is 11.6 Å². The number of carbonyl (C=O) groups excluding carboxylic acids is 1. The minimum atomic E-state index is -3.93. The SMILES string of the molecule is O=C1CS(=O)(=O)c2ccc(Oc3cc(F)cc(Cl)c3)c(C(F)F)c21. The largest absolute Gasteiger partial charge is 0.457 e. The third-order valence-electron chi connectivity index (χ3n) is 3.38. The zero-order chi connectivity index (χ0) is 17.6. The van der Waals surface area contributed by atoms with Gasteiger partial charge in [0.05, 0.1) is 10.5 Å². The summed E-state index contributed by atoms with van der Waals surface area (Å²) in [6.45, 7) is 0. The van der Waals surface area contributed by atoms with Gasteiger partial charge in [0.15, 0.2) is 15.6 Å². The van der Waals surface area contributed by atoms with E-state index in [1.165, 1.54) is 6.07 Å². The second-order valence-electron chi connectivity index (χ2n) is 5.04. The van der Waals surface area contributed by atoms with E-state index in [0.29, 0.717) is 0 Å². The molecule has 126 valence electrons. The van der Waals surface area contributed by atoms with E-state index in [1.807, 2.05) is 0 Å². The molecule has 0 bridgehead atoms. The second kappa shape index (κ2) is 5.78. The van der Waals surface area contributed by atoms with Gasteiger partial charge in [-0.05, 0) is 24.3 Å². The van der Waals surface area contributed by atoms with Crippen LogP contribution in [0, 0.1) is 5.82 Å². The summed E-state index contributed by atoms with van der Waals surface area (Å²) in [4.78, 5) is 11.4. The first kappa shape index (κ1) is 16.8. The molecule has 0 aliphatic carbocycles. The lowest BCUT2D eigenvalue weighted by Crippen LogP contribution is -2.05. The van der Waals surface area contributed by atoms with Gasteiger partial charge in [0, 0.05) is 16.7 Å². The van der Waals surface area contributed by atoms with Crippen LogP contribution in [0.25, 0.3) is 0 Å². The fourth-order valence-electron chi connectivity index (χ4n) is 2.47. The molecule has 24 heavy (non-hydrogen) atoms. The van der Waals surface area contributed by atoms with Crippen molar-refractivity contribution in [1.29, 1.82) is 0 Å². The van der Waals surface area contributed by atoms with E-state index in [0.717, 1.165) is 24.3 Å². The van der Waals surface area contributed by atoms with Crippen molar-refractivity contribution in [3.05, 3.63) is 52.3 Å². The lowest BCUT2D eigenvalue weighted by molar-refractivity contribution is 0.100. The molecule has 9 heteroatoms. The van der Waals surface area contributed by atoms with Crippen molar-refractivity contribution in [2.24, 2.45) is 0 Å². The molecular formula is C15H8ClF3O4S. The molecule has 0 atom stereocenters. The number of benzene rings is 2. The van der Waals surface area contributed by atoms with Crippen molar-refractivity contribution in [1.82, 2.24) is 0 Å². The molecule has 1 heterocycles. The Kier molecular flexibility index (Phi) is 4.05. The topological polar surface area (TPSA) is 60.4 Å². The fraction of sp³-hybridized carbons (Fsp3) is 0.133. The van der Waals surface area contributed by atoms with Crippen molar-refractivity contribution in [2.45, 2.75) is 11.3 Å². The molecule has 0 N–H and O–H groups in total. The molecule has 1 aliphatic rings. The van der Waals surface area contributed by atoms with Crippen LogP contribution in [-0.2, 0) is 9.84 Å². The predicted octanol–water partition coefficient (Wildman–Crippen LogP) is 4.18. The normalized spacial score (nSPS) is 15.6. The zero-order valence-corrected chi connectivity index (χ0v) is 13.3. The molecule has 0 radical (unpaired) electrons. The Morgan fingerprint density at radius 3 is 2.50 bits per heavy atom. The molecule has 0 fully saturated rings. The molecule has 0 amide bonds. The van der Waals surface area contributed by atoms with Crippen LogP contribution in [0.1, 0.15) is 22.3 Å². The zero-order valence-electron chi connectivity index (χ0n) is 11.7. The molecule has 2 aromatic carbocycles. The molecule has 0 aromatic heterocycles. The van der Waals surface area contributed by atoms with E-state index in [4.69, 9.17) is 16.3 Å². The van der Waals surface area contributed by atoms with Gasteiger partial charge in [0.2, 0.25) is 0 Å².